The van der Waals surface area contributed by atoms with Crippen molar-refractivity contribution in [2.24, 2.45) is 11.8 Å². The van der Waals surface area contributed by atoms with Crippen LogP contribution in [0.15, 0.2) is 24.3 Å². The van der Waals surface area contributed by atoms with Crippen molar-refractivity contribution in [2.75, 3.05) is 31.6 Å². The Morgan fingerprint density at radius 3 is 3.06 bits per heavy atom. The predicted octanol–water partition coefficient (Wildman–Crippen LogP) is 1.90. The van der Waals surface area contributed by atoms with Gasteiger partial charge in [-0.25, -0.2) is 0 Å². The minimum Gasteiger partial charge on any atom is -0.371 e. The Kier molecular flexibility index (Phi) is 2.60. The summed E-state index contributed by atoms with van der Waals surface area (Å²) in [6.07, 6.45) is 2.65. The van der Waals surface area contributed by atoms with Crippen LogP contribution in [-0.2, 0) is 6.42 Å². The second-order valence-electron chi connectivity index (χ2n) is 5.14. The fraction of sp³-hybridized carbons (Fsp3) is 0.571. The highest BCUT2D eigenvalue weighted by Gasteiger charge is 2.38. The number of hydrogen-bond donors (Lipinski definition) is 1. The van der Waals surface area contributed by atoms with Crippen LogP contribution < -0.4 is 10.2 Å². The van der Waals surface area contributed by atoms with Crippen LogP contribution in [-0.4, -0.2) is 26.7 Å². The number of nitrogens with zero attached hydrogens (tertiary/aromatic N) is 1. The first-order chi connectivity index (χ1) is 7.88. The first-order valence-corrected chi connectivity index (χ1v) is 6.36. The van der Waals surface area contributed by atoms with E-state index in [0.29, 0.717) is 0 Å². The van der Waals surface area contributed by atoms with E-state index in [9.17, 15) is 0 Å². The molecule has 0 aromatic heterocycles. The zero-order valence-corrected chi connectivity index (χ0v) is 9.95. The Balaban J connectivity index is 1.62. The molecule has 1 fully saturated rings. The van der Waals surface area contributed by atoms with Gasteiger partial charge in [0.25, 0.3) is 0 Å². The Hall–Kier alpha value is -1.02. The molecule has 1 heterocycles. The third kappa shape index (κ3) is 1.82. The number of nitrogens with one attached hydrogen (secondary N) is 1. The molecule has 1 N–H and O–H groups in total. The zero-order valence-electron chi connectivity index (χ0n) is 9.95. The maximum absolute atomic E-state index is 3.29. The number of anilines is 1. The van der Waals surface area contributed by atoms with Crippen LogP contribution in [0.25, 0.3) is 0 Å². The van der Waals surface area contributed by atoms with Crippen LogP contribution in [0.2, 0.25) is 0 Å². The maximum atomic E-state index is 3.29. The zero-order chi connectivity index (χ0) is 11.0. The average molecular weight is 216 g/mol. The van der Waals surface area contributed by atoms with Crippen LogP contribution in [0.3, 0.4) is 0 Å². The number of hydrogen-bond acceptors (Lipinski definition) is 2. The second-order valence-corrected chi connectivity index (χ2v) is 5.14. The minimum atomic E-state index is 0.928. The van der Waals surface area contributed by atoms with E-state index < -0.39 is 0 Å². The minimum absolute atomic E-state index is 0.928. The van der Waals surface area contributed by atoms with E-state index in [1.54, 1.807) is 0 Å². The molecule has 0 unspecified atom stereocenters. The number of fused-ring (bicyclic) bond motifs is 1. The summed E-state index contributed by atoms with van der Waals surface area (Å²) < 4.78 is 0. The van der Waals surface area contributed by atoms with Crippen molar-refractivity contribution < 1.29 is 0 Å². The van der Waals surface area contributed by atoms with Crippen LogP contribution in [0.4, 0.5) is 5.69 Å². The maximum Gasteiger partial charge on any atom is 0.0399 e. The largest absolute Gasteiger partial charge is 0.371 e. The molecule has 86 valence electrons. The highest BCUT2D eigenvalue weighted by atomic mass is 15.2. The number of para-hydroxylation sites is 1. The van der Waals surface area contributed by atoms with Crippen molar-refractivity contribution >= 4 is 5.69 Å². The highest BCUT2D eigenvalue weighted by molar-refractivity contribution is 5.57. The van der Waals surface area contributed by atoms with Crippen LogP contribution in [0.5, 0.6) is 0 Å². The third-order valence-corrected chi connectivity index (χ3v) is 3.97. The monoisotopic (exact) mass is 216 g/mol. The normalized spacial score (nSPS) is 26.9. The summed E-state index contributed by atoms with van der Waals surface area (Å²) >= 11 is 0. The van der Waals surface area contributed by atoms with Crippen molar-refractivity contribution in [2.45, 2.75) is 12.8 Å². The van der Waals surface area contributed by atoms with Gasteiger partial charge in [0.15, 0.2) is 0 Å². The molecule has 2 atom stereocenters. The molecular weight excluding hydrogens is 196 g/mol. The van der Waals surface area contributed by atoms with E-state index in [-0.39, 0.29) is 0 Å². The lowest BCUT2D eigenvalue weighted by Gasteiger charge is -2.19. The van der Waals surface area contributed by atoms with Crippen LogP contribution in [0, 0.1) is 11.8 Å². The van der Waals surface area contributed by atoms with Gasteiger partial charge in [0.2, 0.25) is 0 Å². The fourth-order valence-corrected chi connectivity index (χ4v) is 2.93. The quantitative estimate of drug-likeness (QED) is 0.827. The molecule has 1 aromatic rings. The highest BCUT2D eigenvalue weighted by Crippen LogP contribution is 2.40. The Morgan fingerprint density at radius 1 is 1.31 bits per heavy atom. The van der Waals surface area contributed by atoms with Crippen LogP contribution >= 0.6 is 0 Å². The topological polar surface area (TPSA) is 15.3 Å². The molecule has 0 radical (unpaired) electrons. The first-order valence-electron chi connectivity index (χ1n) is 6.36. The molecule has 1 aromatic carbocycles. The van der Waals surface area contributed by atoms with Gasteiger partial charge < -0.3 is 10.2 Å². The molecule has 0 saturated heterocycles. The van der Waals surface area contributed by atoms with Crippen molar-refractivity contribution in [3.8, 4) is 0 Å². The summed E-state index contributed by atoms with van der Waals surface area (Å²) in [5.74, 6) is 1.86. The lowest BCUT2D eigenvalue weighted by molar-refractivity contribution is 0.631. The van der Waals surface area contributed by atoms with Gasteiger partial charge in [0.1, 0.15) is 0 Å². The lowest BCUT2D eigenvalue weighted by atomic mass is 10.2. The first kappa shape index (κ1) is 10.2. The van der Waals surface area contributed by atoms with Gasteiger partial charge in [-0.1, -0.05) is 18.2 Å². The molecule has 2 nitrogen and oxygen atoms in total. The summed E-state index contributed by atoms with van der Waals surface area (Å²) in [7, 11) is 2.06. The standard InChI is InChI=1S/C14H20N2/c1-15-9-12-8-13(12)10-16-7-6-11-4-2-3-5-14(11)16/h2-5,12-13,15H,6-10H2,1H3/t12-,13+/m1/s1. The fourth-order valence-electron chi connectivity index (χ4n) is 2.93. The molecule has 1 saturated carbocycles. The van der Waals surface area contributed by atoms with Gasteiger partial charge in [-0.15, -0.1) is 0 Å². The molecule has 0 bridgehead atoms. The van der Waals surface area contributed by atoms with E-state index >= 15 is 0 Å². The molecule has 1 aliphatic carbocycles. The van der Waals surface area contributed by atoms with Gasteiger partial charge in [-0.2, -0.15) is 0 Å². The summed E-state index contributed by atoms with van der Waals surface area (Å²) in [6, 6.07) is 8.86. The summed E-state index contributed by atoms with van der Waals surface area (Å²) in [4.78, 5) is 2.58. The van der Waals surface area contributed by atoms with Crippen molar-refractivity contribution in [1.82, 2.24) is 5.32 Å². The molecule has 3 rings (SSSR count). The summed E-state index contributed by atoms with van der Waals surface area (Å²) in [6.45, 7) is 3.69. The SMILES string of the molecule is CNC[C@H]1C[C@H]1CN1CCc2ccccc21. The second kappa shape index (κ2) is 4.10. The van der Waals surface area contributed by atoms with Crippen molar-refractivity contribution in [1.29, 1.82) is 0 Å². The predicted molar refractivity (Wildman–Crippen MR) is 67.9 cm³/mol. The molecular formula is C14H20N2. The van der Waals surface area contributed by atoms with E-state index in [0.717, 1.165) is 11.8 Å². The lowest BCUT2D eigenvalue weighted by Crippen LogP contribution is -2.24. The van der Waals surface area contributed by atoms with Gasteiger partial charge in [-0.05, 0) is 49.9 Å². The number of benzene rings is 1. The van der Waals surface area contributed by atoms with Gasteiger partial charge >= 0.3 is 0 Å². The van der Waals surface area contributed by atoms with Gasteiger partial charge in [-0.3, -0.25) is 0 Å². The van der Waals surface area contributed by atoms with Gasteiger partial charge in [0, 0.05) is 18.8 Å². The van der Waals surface area contributed by atoms with Crippen LogP contribution in [0.1, 0.15) is 12.0 Å². The molecule has 1 aliphatic heterocycles. The molecule has 0 amide bonds. The Morgan fingerprint density at radius 2 is 2.19 bits per heavy atom. The summed E-state index contributed by atoms with van der Waals surface area (Å²) in [5.41, 5.74) is 3.02. The molecule has 0 spiro atoms. The number of rotatable bonds is 4. The smallest absolute Gasteiger partial charge is 0.0399 e. The summed E-state index contributed by atoms with van der Waals surface area (Å²) in [5, 5.41) is 3.29. The van der Waals surface area contributed by atoms with E-state index in [1.165, 1.54) is 43.7 Å². The van der Waals surface area contributed by atoms with E-state index in [4.69, 9.17) is 0 Å². The molecule has 2 heteroatoms. The Labute approximate surface area is 97.6 Å². The van der Waals surface area contributed by atoms with E-state index in [1.807, 2.05) is 0 Å². The van der Waals surface area contributed by atoms with E-state index in [2.05, 4.69) is 41.5 Å². The Bertz CT molecular complexity index is 375. The molecule has 2 aliphatic rings. The van der Waals surface area contributed by atoms with Gasteiger partial charge in [0.05, 0.1) is 0 Å². The molecule has 16 heavy (non-hydrogen) atoms. The van der Waals surface area contributed by atoms with Crippen molar-refractivity contribution in [3.63, 3.8) is 0 Å². The third-order valence-electron chi connectivity index (χ3n) is 3.97. The van der Waals surface area contributed by atoms with Crippen molar-refractivity contribution in [3.05, 3.63) is 29.8 Å². The average Bonchev–Trinajstić information content (AvgIpc) is 2.89.